The molecule has 3 rings (SSSR count). The van der Waals surface area contributed by atoms with Crippen molar-refractivity contribution in [1.82, 2.24) is 4.90 Å². The Bertz CT molecular complexity index is 1070. The molecule has 0 spiro atoms. The Morgan fingerprint density at radius 3 is 2.67 bits per heavy atom. The van der Waals surface area contributed by atoms with E-state index in [4.69, 9.17) is 10.5 Å². The van der Waals surface area contributed by atoms with E-state index >= 15 is 0 Å². The summed E-state index contributed by atoms with van der Waals surface area (Å²) in [6, 6.07) is 12.9. The zero-order valence-corrected chi connectivity index (χ0v) is 19.2. The summed E-state index contributed by atoms with van der Waals surface area (Å²) >= 11 is 0. The Balaban J connectivity index is 1.98. The summed E-state index contributed by atoms with van der Waals surface area (Å²) in [6.07, 6.45) is 3.45. The highest BCUT2D eigenvalue weighted by atomic mass is 16.5. The van der Waals surface area contributed by atoms with Gasteiger partial charge in [-0.05, 0) is 49.1 Å². The van der Waals surface area contributed by atoms with Crippen LogP contribution in [-0.2, 0) is 9.53 Å². The molecule has 0 bridgehead atoms. The van der Waals surface area contributed by atoms with E-state index in [1.54, 1.807) is 24.0 Å². The van der Waals surface area contributed by atoms with Crippen molar-refractivity contribution in [2.45, 2.75) is 33.1 Å². The molecule has 0 saturated heterocycles. The first-order valence-electron chi connectivity index (χ1n) is 11.3. The standard InChI is InChI=1S/C26H31N3O4/c1-3-12-29(13-7-14-30)25(31)20-15-19-11-10-18(16-23(19)28-24(27)17-20)21-8-5-6-9-22(21)26(32)33-4-2/h5-6,8-11,15-16,30H,3-4,7,12-14,17H2,1-2H3,(H2,27,28). The summed E-state index contributed by atoms with van der Waals surface area (Å²) in [7, 11) is 0. The van der Waals surface area contributed by atoms with Gasteiger partial charge in [-0.25, -0.2) is 9.79 Å². The second-order valence-corrected chi connectivity index (χ2v) is 7.86. The minimum atomic E-state index is -0.377. The number of fused-ring (bicyclic) bond motifs is 1. The van der Waals surface area contributed by atoms with E-state index in [2.05, 4.69) is 4.99 Å². The molecule has 174 valence electrons. The number of rotatable bonds is 9. The average Bonchev–Trinajstić information content (AvgIpc) is 2.98. The zero-order chi connectivity index (χ0) is 23.8. The summed E-state index contributed by atoms with van der Waals surface area (Å²) < 4.78 is 5.20. The molecule has 0 radical (unpaired) electrons. The summed E-state index contributed by atoms with van der Waals surface area (Å²) in [4.78, 5) is 31.9. The molecule has 1 aliphatic heterocycles. The van der Waals surface area contributed by atoms with Crippen LogP contribution >= 0.6 is 0 Å². The third-order valence-electron chi connectivity index (χ3n) is 5.37. The van der Waals surface area contributed by atoms with Crippen molar-refractivity contribution in [1.29, 1.82) is 0 Å². The monoisotopic (exact) mass is 449 g/mol. The van der Waals surface area contributed by atoms with Crippen LogP contribution in [0.5, 0.6) is 0 Å². The van der Waals surface area contributed by atoms with Crippen LogP contribution in [0.4, 0.5) is 5.69 Å². The molecular formula is C26H31N3O4. The van der Waals surface area contributed by atoms with E-state index in [1.807, 2.05) is 43.3 Å². The lowest BCUT2D eigenvalue weighted by Gasteiger charge is -2.23. The normalized spacial score (nSPS) is 12.8. The number of hydrogen-bond donors (Lipinski definition) is 2. The van der Waals surface area contributed by atoms with E-state index in [9.17, 15) is 14.7 Å². The van der Waals surface area contributed by atoms with Gasteiger partial charge >= 0.3 is 5.97 Å². The van der Waals surface area contributed by atoms with Gasteiger partial charge in [-0.3, -0.25) is 4.79 Å². The van der Waals surface area contributed by atoms with Gasteiger partial charge in [-0.15, -0.1) is 0 Å². The van der Waals surface area contributed by atoms with Crippen molar-refractivity contribution in [3.05, 3.63) is 59.2 Å². The van der Waals surface area contributed by atoms with Crippen LogP contribution in [0.15, 0.2) is 53.0 Å². The zero-order valence-electron chi connectivity index (χ0n) is 19.2. The number of esters is 1. The molecule has 33 heavy (non-hydrogen) atoms. The number of amidine groups is 1. The van der Waals surface area contributed by atoms with Gasteiger partial charge in [0.2, 0.25) is 5.91 Å². The Kier molecular flexibility index (Phi) is 8.38. The Hall–Kier alpha value is -3.45. The first-order valence-corrected chi connectivity index (χ1v) is 11.3. The molecule has 0 aliphatic carbocycles. The molecule has 2 aromatic carbocycles. The smallest absolute Gasteiger partial charge is 0.338 e. The van der Waals surface area contributed by atoms with Crippen LogP contribution in [0.1, 0.15) is 49.0 Å². The molecule has 3 N–H and O–H groups in total. The van der Waals surface area contributed by atoms with Crippen LogP contribution in [0.3, 0.4) is 0 Å². The number of nitrogens with two attached hydrogens (primary N) is 1. The van der Waals surface area contributed by atoms with Gasteiger partial charge in [0, 0.05) is 37.3 Å². The number of carbonyl (C=O) groups excluding carboxylic acids is 2. The highest BCUT2D eigenvalue weighted by Gasteiger charge is 2.22. The molecule has 0 saturated carbocycles. The van der Waals surface area contributed by atoms with Crippen molar-refractivity contribution in [3.63, 3.8) is 0 Å². The van der Waals surface area contributed by atoms with Crippen LogP contribution in [0.25, 0.3) is 17.2 Å². The van der Waals surface area contributed by atoms with Crippen molar-refractivity contribution in [2.75, 3.05) is 26.3 Å². The SMILES string of the molecule is CCCN(CCCO)C(=O)C1=Cc2ccc(-c3ccccc3C(=O)OCC)cc2N=C(N)C1. The number of benzene rings is 2. The average molecular weight is 450 g/mol. The van der Waals surface area contributed by atoms with Crippen LogP contribution in [-0.4, -0.2) is 54.0 Å². The summed E-state index contributed by atoms with van der Waals surface area (Å²) in [5.74, 6) is -0.117. The first kappa shape index (κ1) is 24.2. The van der Waals surface area contributed by atoms with E-state index in [0.717, 1.165) is 23.1 Å². The fourth-order valence-electron chi connectivity index (χ4n) is 3.87. The number of aliphatic hydroxyl groups excluding tert-OH is 1. The van der Waals surface area contributed by atoms with Crippen molar-refractivity contribution >= 4 is 29.5 Å². The van der Waals surface area contributed by atoms with Gasteiger partial charge in [0.25, 0.3) is 0 Å². The van der Waals surface area contributed by atoms with Crippen molar-refractivity contribution in [3.8, 4) is 11.1 Å². The lowest BCUT2D eigenvalue weighted by molar-refractivity contribution is -0.127. The Morgan fingerprint density at radius 1 is 1.15 bits per heavy atom. The lowest BCUT2D eigenvalue weighted by Crippen LogP contribution is -2.35. The predicted octanol–water partition coefficient (Wildman–Crippen LogP) is 3.93. The fourth-order valence-corrected chi connectivity index (χ4v) is 3.87. The molecule has 0 unspecified atom stereocenters. The number of aliphatic imine (C=N–C) groups is 1. The molecular weight excluding hydrogens is 418 g/mol. The van der Waals surface area contributed by atoms with Gasteiger partial charge in [0.1, 0.15) is 5.84 Å². The number of hydrogen-bond acceptors (Lipinski definition) is 6. The van der Waals surface area contributed by atoms with Crippen LogP contribution < -0.4 is 5.73 Å². The van der Waals surface area contributed by atoms with Crippen molar-refractivity contribution < 1.29 is 19.4 Å². The number of amides is 1. The number of nitrogens with zero attached hydrogens (tertiary/aromatic N) is 2. The van der Waals surface area contributed by atoms with Crippen LogP contribution in [0.2, 0.25) is 0 Å². The molecule has 0 aromatic heterocycles. The molecule has 1 aliphatic rings. The minimum absolute atomic E-state index is 0.0367. The number of aliphatic hydroxyl groups is 1. The molecule has 1 heterocycles. The van der Waals surface area contributed by atoms with Crippen LogP contribution in [0, 0.1) is 0 Å². The maximum absolute atomic E-state index is 13.2. The van der Waals surface area contributed by atoms with Gasteiger partial charge in [-0.2, -0.15) is 0 Å². The Morgan fingerprint density at radius 2 is 1.94 bits per heavy atom. The molecule has 0 atom stereocenters. The van der Waals surface area contributed by atoms with E-state index < -0.39 is 0 Å². The first-order chi connectivity index (χ1) is 16.0. The third kappa shape index (κ3) is 5.87. The second-order valence-electron chi connectivity index (χ2n) is 7.86. The van der Waals surface area contributed by atoms with E-state index in [-0.39, 0.29) is 24.9 Å². The predicted molar refractivity (Wildman–Crippen MR) is 130 cm³/mol. The molecule has 7 nitrogen and oxygen atoms in total. The highest BCUT2D eigenvalue weighted by molar-refractivity contribution is 6.06. The van der Waals surface area contributed by atoms with E-state index in [0.29, 0.717) is 48.8 Å². The van der Waals surface area contributed by atoms with Gasteiger partial charge in [0.15, 0.2) is 0 Å². The quantitative estimate of drug-likeness (QED) is 0.565. The fraction of sp³-hybridized carbons (Fsp3) is 0.346. The minimum Gasteiger partial charge on any atom is -0.462 e. The highest BCUT2D eigenvalue weighted by Crippen LogP contribution is 2.33. The van der Waals surface area contributed by atoms with E-state index in [1.165, 1.54) is 0 Å². The second kappa shape index (κ2) is 11.4. The summed E-state index contributed by atoms with van der Waals surface area (Å²) in [6.45, 7) is 5.23. The number of carbonyl (C=O) groups is 2. The molecule has 2 aromatic rings. The molecule has 0 fully saturated rings. The Labute approximate surface area is 194 Å². The maximum Gasteiger partial charge on any atom is 0.338 e. The van der Waals surface area contributed by atoms with Gasteiger partial charge < -0.3 is 20.5 Å². The number of ether oxygens (including phenoxy) is 1. The van der Waals surface area contributed by atoms with Gasteiger partial charge in [0.05, 0.1) is 17.9 Å². The molecule has 7 heteroatoms. The maximum atomic E-state index is 13.2. The van der Waals surface area contributed by atoms with Gasteiger partial charge in [-0.1, -0.05) is 37.3 Å². The summed E-state index contributed by atoms with van der Waals surface area (Å²) in [5, 5.41) is 9.18. The largest absolute Gasteiger partial charge is 0.462 e. The summed E-state index contributed by atoms with van der Waals surface area (Å²) in [5.41, 5.74) is 10.2. The molecule has 1 amide bonds. The van der Waals surface area contributed by atoms with Crippen molar-refractivity contribution in [2.24, 2.45) is 10.7 Å². The third-order valence-corrected chi connectivity index (χ3v) is 5.37. The topological polar surface area (TPSA) is 105 Å². The lowest BCUT2D eigenvalue weighted by atomic mass is 9.97.